The van der Waals surface area contributed by atoms with E-state index in [-0.39, 0.29) is 11.1 Å². The zero-order valence-corrected chi connectivity index (χ0v) is 18.4. The number of anilines is 1. The molecular weight excluding hydrogens is 420 g/mol. The van der Waals surface area contributed by atoms with E-state index >= 15 is 0 Å². The summed E-state index contributed by atoms with van der Waals surface area (Å²) < 4.78 is 0.960. The first-order valence-electron chi connectivity index (χ1n) is 8.37. The predicted octanol–water partition coefficient (Wildman–Crippen LogP) is 5.37. The molecule has 0 radical (unpaired) electrons. The molecule has 1 aliphatic rings. The Morgan fingerprint density at radius 1 is 1.20 bits per heavy atom. The highest BCUT2D eigenvalue weighted by Crippen LogP contribution is 2.37. The van der Waals surface area contributed by atoms with Gasteiger partial charge in [-0.2, -0.15) is 0 Å². The largest absolute Gasteiger partial charge is 0.347 e. The fraction of sp³-hybridized carbons (Fsp3) is 0.556. The summed E-state index contributed by atoms with van der Waals surface area (Å²) in [6, 6.07) is 6.27. The van der Waals surface area contributed by atoms with Crippen LogP contribution >= 0.6 is 38.9 Å². The van der Waals surface area contributed by atoms with Gasteiger partial charge >= 0.3 is 0 Å². The van der Waals surface area contributed by atoms with Gasteiger partial charge in [0.25, 0.3) is 0 Å². The van der Waals surface area contributed by atoms with Crippen LogP contribution in [-0.2, 0) is 0 Å². The van der Waals surface area contributed by atoms with E-state index < -0.39 is 0 Å². The molecule has 1 N–H and O–H groups in total. The number of piperidine rings is 1. The van der Waals surface area contributed by atoms with Crippen molar-refractivity contribution in [3.63, 3.8) is 0 Å². The zero-order valence-electron chi connectivity index (χ0n) is 15.2. The molecule has 0 bridgehead atoms. The molecule has 4 nitrogen and oxygen atoms in total. The molecule has 0 atom stereocenters. The number of hydrogen-bond acceptors (Lipinski definition) is 5. The summed E-state index contributed by atoms with van der Waals surface area (Å²) >= 11 is 11.4. The zero-order chi connectivity index (χ0) is 18.4. The first-order valence-corrected chi connectivity index (χ1v) is 10.4. The van der Waals surface area contributed by atoms with Crippen molar-refractivity contribution in [2.45, 2.75) is 57.7 Å². The molecule has 1 aromatic heterocycles. The SMILES string of the molecule is CN(c1nnc(-c2ccc(Br)cc2Cl)s1)C1CC(C)(C)NC(C)(C)C1. The molecule has 136 valence electrons. The average Bonchev–Trinajstić information content (AvgIpc) is 2.92. The van der Waals surface area contributed by atoms with Gasteiger partial charge in [0, 0.05) is 34.2 Å². The Morgan fingerprint density at radius 3 is 2.44 bits per heavy atom. The maximum absolute atomic E-state index is 6.36. The highest BCUT2D eigenvalue weighted by Gasteiger charge is 2.39. The number of benzene rings is 1. The number of hydrogen-bond donors (Lipinski definition) is 1. The molecule has 2 aromatic rings. The standard InChI is InChI=1S/C18H24BrClN4S/c1-17(2)9-12(10-18(3,4)23-17)24(5)16-22-21-15(25-16)13-7-6-11(19)8-14(13)20/h6-8,12,23H,9-10H2,1-5H3. The fourth-order valence-electron chi connectivity index (χ4n) is 3.83. The van der Waals surface area contributed by atoms with Crippen molar-refractivity contribution in [1.82, 2.24) is 15.5 Å². The molecule has 0 spiro atoms. The van der Waals surface area contributed by atoms with Gasteiger partial charge in [-0.05, 0) is 58.7 Å². The molecule has 2 heterocycles. The van der Waals surface area contributed by atoms with Crippen molar-refractivity contribution in [2.24, 2.45) is 0 Å². The van der Waals surface area contributed by atoms with Crippen LogP contribution < -0.4 is 10.2 Å². The summed E-state index contributed by atoms with van der Waals surface area (Å²) in [4.78, 5) is 2.28. The number of halogens is 2. The lowest BCUT2D eigenvalue weighted by Crippen LogP contribution is -2.61. The third-order valence-corrected chi connectivity index (χ3v) is 6.45. The van der Waals surface area contributed by atoms with Gasteiger partial charge in [0.2, 0.25) is 5.13 Å². The lowest BCUT2D eigenvalue weighted by atomic mass is 9.79. The first-order chi connectivity index (χ1) is 11.6. The summed E-state index contributed by atoms with van der Waals surface area (Å²) in [5.74, 6) is 0. The second-order valence-corrected chi connectivity index (χ2v) is 10.4. The Hall–Kier alpha value is -0.690. The molecule has 0 aliphatic carbocycles. The maximum atomic E-state index is 6.36. The topological polar surface area (TPSA) is 41.1 Å². The van der Waals surface area contributed by atoms with Crippen LogP contribution in [0.4, 0.5) is 5.13 Å². The minimum absolute atomic E-state index is 0.100. The van der Waals surface area contributed by atoms with Gasteiger partial charge in [-0.15, -0.1) is 10.2 Å². The van der Waals surface area contributed by atoms with E-state index in [1.807, 2.05) is 18.2 Å². The Kier molecular flexibility index (Phi) is 5.19. The minimum Gasteiger partial charge on any atom is -0.347 e. The van der Waals surface area contributed by atoms with E-state index in [4.69, 9.17) is 11.6 Å². The van der Waals surface area contributed by atoms with E-state index in [0.29, 0.717) is 11.1 Å². The van der Waals surface area contributed by atoms with Gasteiger partial charge < -0.3 is 10.2 Å². The second-order valence-electron chi connectivity index (χ2n) is 8.08. The van der Waals surface area contributed by atoms with Crippen LogP contribution in [0.2, 0.25) is 5.02 Å². The molecule has 0 unspecified atom stereocenters. The van der Waals surface area contributed by atoms with E-state index in [1.54, 1.807) is 11.3 Å². The van der Waals surface area contributed by atoms with E-state index in [1.165, 1.54) is 0 Å². The summed E-state index contributed by atoms with van der Waals surface area (Å²) in [5, 5.41) is 15.0. The molecule has 1 fully saturated rings. The van der Waals surface area contributed by atoms with Gasteiger partial charge in [-0.3, -0.25) is 0 Å². The van der Waals surface area contributed by atoms with Crippen molar-refractivity contribution in [1.29, 1.82) is 0 Å². The van der Waals surface area contributed by atoms with Crippen molar-refractivity contribution >= 4 is 44.0 Å². The van der Waals surface area contributed by atoms with E-state index in [9.17, 15) is 0 Å². The predicted molar refractivity (Wildman–Crippen MR) is 111 cm³/mol. The summed E-state index contributed by atoms with van der Waals surface area (Å²) in [6.45, 7) is 9.06. The monoisotopic (exact) mass is 442 g/mol. The Labute approximate surface area is 167 Å². The number of aromatic nitrogens is 2. The van der Waals surface area contributed by atoms with Crippen LogP contribution in [0, 0.1) is 0 Å². The fourth-order valence-corrected chi connectivity index (χ4v) is 5.56. The molecule has 1 saturated heterocycles. The van der Waals surface area contributed by atoms with Crippen molar-refractivity contribution < 1.29 is 0 Å². The van der Waals surface area contributed by atoms with E-state index in [2.05, 4.69) is 71.1 Å². The summed E-state index contributed by atoms with van der Waals surface area (Å²) in [5.41, 5.74) is 1.12. The molecule has 25 heavy (non-hydrogen) atoms. The van der Waals surface area contributed by atoms with Crippen molar-refractivity contribution in [3.8, 4) is 10.6 Å². The lowest BCUT2D eigenvalue weighted by molar-refractivity contribution is 0.161. The highest BCUT2D eigenvalue weighted by molar-refractivity contribution is 9.10. The van der Waals surface area contributed by atoms with Crippen LogP contribution in [0.3, 0.4) is 0 Å². The number of nitrogens with zero attached hydrogens (tertiary/aromatic N) is 3. The Morgan fingerprint density at radius 2 is 1.84 bits per heavy atom. The molecular formula is C18H24BrClN4S. The second kappa shape index (κ2) is 6.80. The maximum Gasteiger partial charge on any atom is 0.208 e. The molecule has 3 rings (SSSR count). The average molecular weight is 444 g/mol. The molecule has 7 heteroatoms. The summed E-state index contributed by atoms with van der Waals surface area (Å²) in [7, 11) is 2.12. The lowest BCUT2D eigenvalue weighted by Gasteiger charge is -2.48. The van der Waals surface area contributed by atoms with Gasteiger partial charge in [-0.1, -0.05) is 38.9 Å². The van der Waals surface area contributed by atoms with Crippen LogP contribution in [0.1, 0.15) is 40.5 Å². The normalized spacial score (nSPS) is 19.8. The van der Waals surface area contributed by atoms with Gasteiger partial charge in [0.15, 0.2) is 5.01 Å². The van der Waals surface area contributed by atoms with Gasteiger partial charge in [0.05, 0.1) is 5.02 Å². The van der Waals surface area contributed by atoms with Crippen LogP contribution in [0.25, 0.3) is 10.6 Å². The van der Waals surface area contributed by atoms with E-state index in [0.717, 1.165) is 33.0 Å². The highest BCUT2D eigenvalue weighted by atomic mass is 79.9. The van der Waals surface area contributed by atoms with Crippen molar-refractivity contribution in [2.75, 3.05) is 11.9 Å². The summed E-state index contributed by atoms with van der Waals surface area (Å²) in [6.07, 6.45) is 2.14. The molecule has 1 aromatic carbocycles. The molecule has 0 amide bonds. The number of nitrogens with one attached hydrogen (secondary N) is 1. The quantitative estimate of drug-likeness (QED) is 0.692. The van der Waals surface area contributed by atoms with Crippen molar-refractivity contribution in [3.05, 3.63) is 27.7 Å². The van der Waals surface area contributed by atoms with Crippen LogP contribution in [0.15, 0.2) is 22.7 Å². The molecule has 0 saturated carbocycles. The van der Waals surface area contributed by atoms with Gasteiger partial charge in [-0.25, -0.2) is 0 Å². The number of rotatable bonds is 3. The minimum atomic E-state index is 0.100. The first kappa shape index (κ1) is 19.1. The smallest absolute Gasteiger partial charge is 0.208 e. The Bertz CT molecular complexity index is 758. The van der Waals surface area contributed by atoms with Crippen LogP contribution in [0.5, 0.6) is 0 Å². The Balaban J connectivity index is 1.84. The van der Waals surface area contributed by atoms with Gasteiger partial charge in [0.1, 0.15) is 0 Å². The third-order valence-electron chi connectivity index (χ3n) is 4.59. The third kappa shape index (κ3) is 4.35. The van der Waals surface area contributed by atoms with Crippen LogP contribution in [-0.4, -0.2) is 34.4 Å². The molecule has 1 aliphatic heterocycles.